The van der Waals surface area contributed by atoms with Gasteiger partial charge in [-0.1, -0.05) is 6.58 Å². The quantitative estimate of drug-likeness (QED) is 0.472. The molecular formula is C8H12O4. The summed E-state index contributed by atoms with van der Waals surface area (Å²) in [7, 11) is 0. The average Bonchev–Trinajstić information content (AvgIpc) is 2.36. The van der Waals surface area contributed by atoms with Gasteiger partial charge in [-0.25, -0.2) is 4.79 Å². The molecule has 0 aromatic heterocycles. The zero-order valence-electron chi connectivity index (χ0n) is 6.95. The van der Waals surface area contributed by atoms with Crippen LogP contribution < -0.4 is 0 Å². The third-order valence-corrected chi connectivity index (χ3v) is 1.26. The number of hydrogen-bond donors (Lipinski definition) is 1. The second-order valence-corrected chi connectivity index (χ2v) is 2.38. The summed E-state index contributed by atoms with van der Waals surface area (Å²) in [5.74, 6) is -1.03. The number of esters is 1. The number of ether oxygens (including phenoxy) is 1. The van der Waals surface area contributed by atoms with E-state index in [4.69, 9.17) is 9.84 Å². The summed E-state index contributed by atoms with van der Waals surface area (Å²) in [6, 6.07) is 0. The maximum Gasteiger partial charge on any atom is 0.327 e. The molecule has 1 rings (SSSR count). The van der Waals surface area contributed by atoms with Crippen LogP contribution >= 0.6 is 0 Å². The van der Waals surface area contributed by atoms with Gasteiger partial charge in [-0.3, -0.25) is 4.79 Å². The van der Waals surface area contributed by atoms with Crippen LogP contribution in [0.25, 0.3) is 0 Å². The molecule has 1 aliphatic rings. The molecule has 0 radical (unpaired) electrons. The first kappa shape index (κ1) is 10.7. The number of rotatable bonds is 1. The van der Waals surface area contributed by atoms with Crippen molar-refractivity contribution in [3.8, 4) is 0 Å². The number of cyclic esters (lactones) is 1. The van der Waals surface area contributed by atoms with Gasteiger partial charge < -0.3 is 9.84 Å². The molecule has 0 amide bonds. The molecule has 1 N–H and O–H groups in total. The van der Waals surface area contributed by atoms with Crippen molar-refractivity contribution < 1.29 is 19.4 Å². The monoisotopic (exact) mass is 172 g/mol. The summed E-state index contributed by atoms with van der Waals surface area (Å²) in [6.07, 6.45) is 2.52. The van der Waals surface area contributed by atoms with Crippen LogP contribution in [-0.2, 0) is 14.3 Å². The predicted octanol–water partition coefficient (Wildman–Crippen LogP) is 0.969. The van der Waals surface area contributed by atoms with E-state index in [0.717, 1.165) is 12.5 Å². The minimum Gasteiger partial charge on any atom is -0.478 e. The Labute approximate surface area is 70.8 Å². The number of aliphatic carboxylic acids is 1. The Morgan fingerprint density at radius 1 is 1.83 bits per heavy atom. The molecule has 0 spiro atoms. The van der Waals surface area contributed by atoms with Crippen molar-refractivity contribution in [3.63, 3.8) is 0 Å². The Hall–Kier alpha value is -1.32. The minimum absolute atomic E-state index is 0.0486. The van der Waals surface area contributed by atoms with Gasteiger partial charge in [0, 0.05) is 12.5 Å². The van der Waals surface area contributed by atoms with Crippen LogP contribution in [0.5, 0.6) is 0 Å². The zero-order chi connectivity index (χ0) is 9.56. The molecule has 12 heavy (non-hydrogen) atoms. The van der Waals surface area contributed by atoms with Crippen LogP contribution in [0.15, 0.2) is 12.7 Å². The molecule has 0 saturated carbocycles. The SMILES string of the molecule is C=CC(=O)O.CC1CCC(=O)O1. The van der Waals surface area contributed by atoms with E-state index < -0.39 is 5.97 Å². The third kappa shape index (κ3) is 5.46. The summed E-state index contributed by atoms with van der Waals surface area (Å²) in [5, 5.41) is 7.60. The second-order valence-electron chi connectivity index (χ2n) is 2.38. The summed E-state index contributed by atoms with van der Waals surface area (Å²) in [6.45, 7) is 4.87. The van der Waals surface area contributed by atoms with Gasteiger partial charge >= 0.3 is 11.9 Å². The number of hydrogen-bond acceptors (Lipinski definition) is 3. The average molecular weight is 172 g/mol. The second kappa shape index (κ2) is 5.35. The molecule has 4 heteroatoms. The van der Waals surface area contributed by atoms with Gasteiger partial charge in [-0.05, 0) is 13.3 Å². The van der Waals surface area contributed by atoms with Gasteiger partial charge in [0.05, 0.1) is 6.10 Å². The highest BCUT2D eigenvalue weighted by Gasteiger charge is 2.17. The Morgan fingerprint density at radius 3 is 2.42 bits per heavy atom. The molecular weight excluding hydrogens is 160 g/mol. The lowest BCUT2D eigenvalue weighted by Crippen LogP contribution is -1.98. The normalized spacial score (nSPS) is 20.4. The molecule has 4 nitrogen and oxygen atoms in total. The Balaban J connectivity index is 0.000000217. The van der Waals surface area contributed by atoms with Crippen LogP contribution in [0.1, 0.15) is 19.8 Å². The maximum absolute atomic E-state index is 10.2. The van der Waals surface area contributed by atoms with Crippen molar-refractivity contribution in [1.82, 2.24) is 0 Å². The van der Waals surface area contributed by atoms with Gasteiger partial charge in [0.15, 0.2) is 0 Å². The van der Waals surface area contributed by atoms with Gasteiger partial charge in [-0.15, -0.1) is 0 Å². The first-order valence-corrected chi connectivity index (χ1v) is 3.61. The van der Waals surface area contributed by atoms with E-state index in [2.05, 4.69) is 6.58 Å². The Kier molecular flexibility index (Phi) is 4.76. The molecule has 1 aliphatic heterocycles. The fraction of sp³-hybridized carbons (Fsp3) is 0.500. The summed E-state index contributed by atoms with van der Waals surface area (Å²) >= 11 is 0. The van der Waals surface area contributed by atoms with Crippen molar-refractivity contribution in [1.29, 1.82) is 0 Å². The number of carboxylic acid groups (broad SMARTS) is 1. The number of carbonyl (C=O) groups excluding carboxylic acids is 1. The van der Waals surface area contributed by atoms with E-state index in [1.54, 1.807) is 0 Å². The Bertz CT molecular complexity index is 185. The molecule has 0 aromatic carbocycles. The van der Waals surface area contributed by atoms with E-state index in [1.807, 2.05) is 6.92 Å². The third-order valence-electron chi connectivity index (χ3n) is 1.26. The molecule has 1 fully saturated rings. The van der Waals surface area contributed by atoms with Crippen LogP contribution in [0.4, 0.5) is 0 Å². The van der Waals surface area contributed by atoms with Crippen LogP contribution in [0, 0.1) is 0 Å². The van der Waals surface area contributed by atoms with E-state index in [9.17, 15) is 9.59 Å². The minimum atomic E-state index is -0.981. The van der Waals surface area contributed by atoms with Crippen molar-refractivity contribution in [2.45, 2.75) is 25.9 Å². The van der Waals surface area contributed by atoms with E-state index in [1.165, 1.54) is 0 Å². The first-order chi connectivity index (χ1) is 5.56. The lowest BCUT2D eigenvalue weighted by Gasteiger charge is -1.95. The molecule has 1 heterocycles. The largest absolute Gasteiger partial charge is 0.478 e. The van der Waals surface area contributed by atoms with Crippen molar-refractivity contribution in [2.24, 2.45) is 0 Å². The summed E-state index contributed by atoms with van der Waals surface area (Å²) in [4.78, 5) is 19.5. The van der Waals surface area contributed by atoms with Crippen LogP contribution in [0.3, 0.4) is 0 Å². The highest BCUT2D eigenvalue weighted by molar-refractivity contribution is 5.78. The van der Waals surface area contributed by atoms with E-state index in [0.29, 0.717) is 6.42 Å². The van der Waals surface area contributed by atoms with E-state index in [-0.39, 0.29) is 12.1 Å². The van der Waals surface area contributed by atoms with Crippen molar-refractivity contribution >= 4 is 11.9 Å². The lowest BCUT2D eigenvalue weighted by atomic mass is 10.3. The van der Waals surface area contributed by atoms with Gasteiger partial charge in [0.25, 0.3) is 0 Å². The van der Waals surface area contributed by atoms with Gasteiger partial charge in [0.2, 0.25) is 0 Å². The highest BCUT2D eigenvalue weighted by atomic mass is 16.5. The first-order valence-electron chi connectivity index (χ1n) is 3.61. The molecule has 0 aromatic rings. The van der Waals surface area contributed by atoms with Crippen LogP contribution in [0.2, 0.25) is 0 Å². The van der Waals surface area contributed by atoms with Gasteiger partial charge in [0.1, 0.15) is 0 Å². The maximum atomic E-state index is 10.2. The molecule has 0 aliphatic carbocycles. The molecule has 1 saturated heterocycles. The smallest absolute Gasteiger partial charge is 0.327 e. The van der Waals surface area contributed by atoms with Crippen LogP contribution in [-0.4, -0.2) is 23.1 Å². The number of carboxylic acids is 1. The molecule has 0 bridgehead atoms. The topological polar surface area (TPSA) is 63.6 Å². The molecule has 1 unspecified atom stereocenters. The van der Waals surface area contributed by atoms with Crippen molar-refractivity contribution in [3.05, 3.63) is 12.7 Å². The molecule has 68 valence electrons. The standard InChI is InChI=1S/C5H8O2.C3H4O2/c1-4-2-3-5(6)7-4;1-2-3(4)5/h4H,2-3H2,1H3;2H,1H2,(H,4,5). The van der Waals surface area contributed by atoms with E-state index >= 15 is 0 Å². The fourth-order valence-electron chi connectivity index (χ4n) is 0.663. The van der Waals surface area contributed by atoms with Crippen molar-refractivity contribution in [2.75, 3.05) is 0 Å². The highest BCUT2D eigenvalue weighted by Crippen LogP contribution is 2.11. The fourth-order valence-corrected chi connectivity index (χ4v) is 0.663. The lowest BCUT2D eigenvalue weighted by molar-refractivity contribution is -0.140. The van der Waals surface area contributed by atoms with Gasteiger partial charge in [-0.2, -0.15) is 0 Å². The number of carbonyl (C=O) groups is 2. The predicted molar refractivity (Wildman–Crippen MR) is 42.6 cm³/mol. The summed E-state index contributed by atoms with van der Waals surface area (Å²) < 4.78 is 4.72. The zero-order valence-corrected chi connectivity index (χ0v) is 6.95. The summed E-state index contributed by atoms with van der Waals surface area (Å²) in [5.41, 5.74) is 0. The Morgan fingerprint density at radius 2 is 2.33 bits per heavy atom. The molecule has 1 atom stereocenters.